The van der Waals surface area contributed by atoms with Crippen LogP contribution in [-0.4, -0.2) is 127 Å². The Morgan fingerprint density at radius 1 is 0.800 bits per heavy atom. The van der Waals surface area contributed by atoms with Gasteiger partial charge in [0.05, 0.1) is 13.2 Å². The second-order valence-corrected chi connectivity index (χ2v) is 10.6. The van der Waals surface area contributed by atoms with Gasteiger partial charge in [-0.1, -0.05) is 0 Å². The molecule has 0 aliphatic carbocycles. The largest absolute Gasteiger partial charge is 0.508 e. The number of ether oxygens (including phenoxy) is 6. The molecule has 17 nitrogen and oxygen atoms in total. The van der Waals surface area contributed by atoms with Crippen LogP contribution in [-0.2, 0) is 14.2 Å². The van der Waals surface area contributed by atoms with Gasteiger partial charge in [-0.3, -0.25) is 4.79 Å². The van der Waals surface area contributed by atoms with E-state index >= 15 is 0 Å². The Morgan fingerprint density at radius 3 is 2.11 bits per heavy atom. The average molecular weight is 639 g/mol. The molecule has 0 bridgehead atoms. The summed E-state index contributed by atoms with van der Waals surface area (Å²) in [4.78, 5) is 14.0. The molecule has 3 aliphatic heterocycles. The molecule has 9 N–H and O–H groups in total. The Hall–Kier alpha value is -3.75. The van der Waals surface area contributed by atoms with Crippen LogP contribution in [0.1, 0.15) is 0 Å². The zero-order valence-electron chi connectivity index (χ0n) is 23.1. The quantitative estimate of drug-likeness (QED) is 0.131. The molecule has 244 valence electrons. The number of phenols is 2. The van der Waals surface area contributed by atoms with E-state index in [2.05, 4.69) is 0 Å². The second-order valence-electron chi connectivity index (χ2n) is 10.6. The molecule has 2 saturated heterocycles. The molecule has 2 aromatic carbocycles. The first-order valence-corrected chi connectivity index (χ1v) is 13.7. The molecule has 4 heterocycles. The first-order chi connectivity index (χ1) is 21.5. The van der Waals surface area contributed by atoms with E-state index < -0.39 is 96.9 Å². The molecule has 10 unspecified atom stereocenters. The van der Waals surface area contributed by atoms with Crippen LogP contribution in [0.5, 0.6) is 28.7 Å². The van der Waals surface area contributed by atoms with Crippen LogP contribution in [0.15, 0.2) is 39.5 Å². The van der Waals surface area contributed by atoms with Crippen molar-refractivity contribution in [2.45, 2.75) is 61.4 Å². The highest BCUT2D eigenvalue weighted by atomic mass is 16.8. The molecular weight excluding hydrogens is 608 g/mol. The van der Waals surface area contributed by atoms with Crippen molar-refractivity contribution in [3.63, 3.8) is 0 Å². The standard InChI is InChI=1S/C28H30O17/c29-6-13-16(32)20(36)22(38)27(42-13)45-26-21(37)17(33)14(7-30)43-28(26)44-25-19(35)15-11(5-12-24(18(15)34)40-8-39-12)41-23(25)9-1-3-10(31)4-2-9/h1-5,13-14,16-17,20-22,26-34,36-38H,6-8H2. The van der Waals surface area contributed by atoms with Crippen molar-refractivity contribution in [3.05, 3.63) is 40.6 Å². The number of phenolic OH excluding ortho intramolecular Hbond substituents is 2. The Balaban J connectivity index is 1.45. The lowest BCUT2D eigenvalue weighted by Gasteiger charge is -2.45. The van der Waals surface area contributed by atoms with Crippen molar-refractivity contribution in [1.29, 1.82) is 0 Å². The summed E-state index contributed by atoms with van der Waals surface area (Å²) < 4.78 is 39.2. The van der Waals surface area contributed by atoms with Gasteiger partial charge in [-0.2, -0.15) is 0 Å². The van der Waals surface area contributed by atoms with Crippen molar-refractivity contribution < 1.29 is 78.8 Å². The van der Waals surface area contributed by atoms with Crippen molar-refractivity contribution in [2.75, 3.05) is 20.0 Å². The van der Waals surface area contributed by atoms with Crippen molar-refractivity contribution in [1.82, 2.24) is 0 Å². The first-order valence-electron chi connectivity index (χ1n) is 13.7. The van der Waals surface area contributed by atoms with Crippen LogP contribution < -0.4 is 19.6 Å². The lowest BCUT2D eigenvalue weighted by Crippen LogP contribution is -2.65. The van der Waals surface area contributed by atoms with Gasteiger partial charge in [0.2, 0.25) is 30.0 Å². The van der Waals surface area contributed by atoms with E-state index in [9.17, 15) is 50.8 Å². The predicted molar refractivity (Wildman–Crippen MR) is 144 cm³/mol. The van der Waals surface area contributed by atoms with E-state index in [0.29, 0.717) is 0 Å². The summed E-state index contributed by atoms with van der Waals surface area (Å²) in [7, 11) is 0. The third-order valence-corrected chi connectivity index (χ3v) is 7.78. The Kier molecular flexibility index (Phi) is 8.48. The zero-order chi connectivity index (χ0) is 32.2. The van der Waals surface area contributed by atoms with Gasteiger partial charge in [0, 0.05) is 11.6 Å². The van der Waals surface area contributed by atoms with E-state index in [1.54, 1.807) is 0 Å². The molecule has 3 aliphatic rings. The highest BCUT2D eigenvalue weighted by Gasteiger charge is 2.51. The number of aliphatic hydroxyl groups is 7. The molecule has 10 atom stereocenters. The fourth-order valence-electron chi connectivity index (χ4n) is 5.33. The molecule has 3 aromatic rings. The summed E-state index contributed by atoms with van der Waals surface area (Å²) in [5.74, 6) is -1.64. The van der Waals surface area contributed by atoms with Gasteiger partial charge in [0.15, 0.2) is 29.7 Å². The number of hydrogen-bond acceptors (Lipinski definition) is 17. The molecule has 2 fully saturated rings. The summed E-state index contributed by atoms with van der Waals surface area (Å²) in [6.07, 6.45) is -17.6. The first kappa shape index (κ1) is 31.2. The van der Waals surface area contributed by atoms with Gasteiger partial charge < -0.3 is 78.8 Å². The summed E-state index contributed by atoms with van der Waals surface area (Å²) in [6, 6.07) is 6.68. The number of fused-ring (bicyclic) bond motifs is 2. The summed E-state index contributed by atoms with van der Waals surface area (Å²) >= 11 is 0. The molecule has 0 spiro atoms. The van der Waals surface area contributed by atoms with Crippen LogP contribution in [0.2, 0.25) is 0 Å². The third kappa shape index (κ3) is 5.42. The smallest absolute Gasteiger partial charge is 0.239 e. The Bertz CT molecular complexity index is 1590. The lowest BCUT2D eigenvalue weighted by atomic mass is 9.97. The number of benzene rings is 2. The van der Waals surface area contributed by atoms with Crippen molar-refractivity contribution in [2.24, 2.45) is 0 Å². The van der Waals surface area contributed by atoms with Gasteiger partial charge in [0.25, 0.3) is 0 Å². The fraction of sp³-hybridized carbons (Fsp3) is 0.464. The molecule has 0 saturated carbocycles. The van der Waals surface area contributed by atoms with Crippen LogP contribution in [0.4, 0.5) is 0 Å². The zero-order valence-corrected chi connectivity index (χ0v) is 23.1. The van der Waals surface area contributed by atoms with Gasteiger partial charge in [0.1, 0.15) is 59.4 Å². The summed E-state index contributed by atoms with van der Waals surface area (Å²) in [5, 5.41) is 92.2. The van der Waals surface area contributed by atoms with Crippen LogP contribution >= 0.6 is 0 Å². The molecular formula is C28H30O17. The lowest BCUT2D eigenvalue weighted by molar-refractivity contribution is -0.358. The van der Waals surface area contributed by atoms with E-state index in [0.717, 1.165) is 0 Å². The third-order valence-electron chi connectivity index (χ3n) is 7.78. The number of rotatable bonds is 7. The topological polar surface area (TPSA) is 268 Å². The Labute approximate surface area is 252 Å². The molecule has 1 aromatic heterocycles. The second kappa shape index (κ2) is 12.2. The number of hydrogen-bond donors (Lipinski definition) is 9. The van der Waals surface area contributed by atoms with Gasteiger partial charge >= 0.3 is 0 Å². The molecule has 0 radical (unpaired) electrons. The van der Waals surface area contributed by atoms with Gasteiger partial charge in [-0.15, -0.1) is 0 Å². The summed E-state index contributed by atoms with van der Waals surface area (Å²) in [5.41, 5.74) is -0.911. The molecule has 45 heavy (non-hydrogen) atoms. The number of aromatic hydroxyl groups is 2. The van der Waals surface area contributed by atoms with Crippen molar-refractivity contribution in [3.8, 4) is 40.1 Å². The maximum absolute atomic E-state index is 14.0. The molecule has 17 heteroatoms. The van der Waals surface area contributed by atoms with Crippen LogP contribution in [0, 0.1) is 0 Å². The van der Waals surface area contributed by atoms with Crippen LogP contribution in [0.3, 0.4) is 0 Å². The predicted octanol–water partition coefficient (Wildman–Crippen LogP) is -2.40. The van der Waals surface area contributed by atoms with Crippen molar-refractivity contribution >= 4 is 11.0 Å². The summed E-state index contributed by atoms with van der Waals surface area (Å²) in [6.45, 7) is -1.86. The minimum atomic E-state index is -1.93. The SMILES string of the molecule is O=c1c(OC2OC(CO)C(O)C(O)C2OC2OC(CO)C(O)C(O)C2O)c(-c2ccc(O)cc2)oc2cc3c(c(O)c12)OCO3. The normalized spacial score (nSPS) is 33.0. The Morgan fingerprint density at radius 2 is 1.44 bits per heavy atom. The number of aliphatic hydroxyl groups excluding tert-OH is 7. The monoisotopic (exact) mass is 638 g/mol. The van der Waals surface area contributed by atoms with E-state index in [1.807, 2.05) is 0 Å². The maximum atomic E-state index is 14.0. The van der Waals surface area contributed by atoms with Gasteiger partial charge in [-0.25, -0.2) is 0 Å². The average Bonchev–Trinajstić information content (AvgIpc) is 3.51. The van der Waals surface area contributed by atoms with Gasteiger partial charge in [-0.05, 0) is 24.3 Å². The van der Waals surface area contributed by atoms with Crippen LogP contribution in [0.25, 0.3) is 22.3 Å². The minimum Gasteiger partial charge on any atom is -0.508 e. The minimum absolute atomic E-state index is 0.0972. The van der Waals surface area contributed by atoms with E-state index in [1.165, 1.54) is 30.3 Å². The molecule has 6 rings (SSSR count). The molecule has 0 amide bonds. The highest BCUT2D eigenvalue weighted by molar-refractivity contribution is 5.91. The fourth-order valence-corrected chi connectivity index (χ4v) is 5.33. The van der Waals surface area contributed by atoms with E-state index in [4.69, 9.17) is 32.8 Å². The highest BCUT2D eigenvalue weighted by Crippen LogP contribution is 2.46. The maximum Gasteiger partial charge on any atom is 0.239 e. The van der Waals surface area contributed by atoms with E-state index in [-0.39, 0.29) is 40.9 Å².